The Kier molecular flexibility index (Phi) is 4.68. The van der Waals surface area contributed by atoms with Crippen LogP contribution in [0.15, 0.2) is 66.7 Å². The molecule has 0 saturated carbocycles. The maximum Gasteiger partial charge on any atom is 0.234 e. The van der Waals surface area contributed by atoms with Crippen LogP contribution in [0.25, 0.3) is 21.0 Å². The molecule has 0 atom stereocenters. The Bertz CT molecular complexity index is 1000. The van der Waals surface area contributed by atoms with Gasteiger partial charge in [-0.05, 0) is 23.6 Å². The van der Waals surface area contributed by atoms with Crippen molar-refractivity contribution in [2.75, 3.05) is 11.1 Å². The molecule has 25 heavy (non-hydrogen) atoms. The topological polar surface area (TPSA) is 42.0 Å². The normalized spacial score (nSPS) is 11.0. The van der Waals surface area contributed by atoms with E-state index in [9.17, 15) is 4.79 Å². The molecule has 0 aliphatic rings. The molecule has 4 aromatic rings. The number of nitrogens with zero attached hydrogens (tertiary/aromatic N) is 1. The van der Waals surface area contributed by atoms with Crippen LogP contribution in [0.4, 0.5) is 5.69 Å². The molecule has 0 saturated heterocycles. The quantitative estimate of drug-likeness (QED) is 0.521. The maximum atomic E-state index is 12.3. The third-order valence-electron chi connectivity index (χ3n) is 3.86. The van der Waals surface area contributed by atoms with E-state index < -0.39 is 0 Å². The van der Waals surface area contributed by atoms with Crippen molar-refractivity contribution in [2.45, 2.75) is 5.75 Å². The fraction of sp³-hybridized carbons (Fsp3) is 0.100. The van der Waals surface area contributed by atoms with Crippen LogP contribution in [0.2, 0.25) is 0 Å². The number of benzene rings is 3. The van der Waals surface area contributed by atoms with Crippen LogP contribution in [0, 0.1) is 0 Å². The number of amides is 1. The third kappa shape index (κ3) is 3.67. The minimum Gasteiger partial charge on any atom is -0.325 e. The molecule has 5 heteroatoms. The number of thioether (sulfide) groups is 1. The van der Waals surface area contributed by atoms with Crippen molar-refractivity contribution >= 4 is 55.7 Å². The molecule has 1 heterocycles. The van der Waals surface area contributed by atoms with Crippen molar-refractivity contribution in [3.05, 3.63) is 71.7 Å². The number of carbonyl (C=O) groups excluding carboxylic acids is 1. The predicted molar refractivity (Wildman–Crippen MR) is 108 cm³/mol. The van der Waals surface area contributed by atoms with Gasteiger partial charge < -0.3 is 5.32 Å². The molecule has 4 rings (SSSR count). The lowest BCUT2D eigenvalue weighted by molar-refractivity contribution is -0.113. The summed E-state index contributed by atoms with van der Waals surface area (Å²) in [6.07, 6.45) is 0. The Morgan fingerprint density at radius 3 is 2.72 bits per heavy atom. The van der Waals surface area contributed by atoms with E-state index in [-0.39, 0.29) is 5.91 Å². The van der Waals surface area contributed by atoms with E-state index >= 15 is 0 Å². The van der Waals surface area contributed by atoms with E-state index in [1.54, 1.807) is 23.1 Å². The Morgan fingerprint density at radius 2 is 1.80 bits per heavy atom. The van der Waals surface area contributed by atoms with Crippen LogP contribution < -0.4 is 5.32 Å². The Hall–Kier alpha value is -2.37. The number of para-hydroxylation sites is 1. The number of aromatic nitrogens is 1. The van der Waals surface area contributed by atoms with E-state index in [2.05, 4.69) is 16.4 Å². The van der Waals surface area contributed by atoms with Gasteiger partial charge in [0.2, 0.25) is 5.91 Å². The number of carbonyl (C=O) groups is 1. The summed E-state index contributed by atoms with van der Waals surface area (Å²) in [6, 6.07) is 22.1. The van der Waals surface area contributed by atoms with Gasteiger partial charge in [-0.2, -0.15) is 0 Å². The summed E-state index contributed by atoms with van der Waals surface area (Å²) in [5.74, 6) is 1.18. The molecule has 0 aliphatic heterocycles. The van der Waals surface area contributed by atoms with Gasteiger partial charge in [0.25, 0.3) is 0 Å². The largest absolute Gasteiger partial charge is 0.325 e. The first-order valence-electron chi connectivity index (χ1n) is 7.99. The molecule has 0 radical (unpaired) electrons. The molecule has 0 unspecified atom stereocenters. The molecule has 0 fully saturated rings. The smallest absolute Gasteiger partial charge is 0.234 e. The summed E-state index contributed by atoms with van der Waals surface area (Å²) in [4.78, 5) is 16.9. The monoisotopic (exact) mass is 364 g/mol. The van der Waals surface area contributed by atoms with E-state index in [4.69, 9.17) is 0 Å². The highest BCUT2D eigenvalue weighted by Gasteiger charge is 2.08. The first-order chi connectivity index (χ1) is 12.3. The van der Waals surface area contributed by atoms with Crippen LogP contribution in [0.3, 0.4) is 0 Å². The molecule has 1 aromatic heterocycles. The highest BCUT2D eigenvalue weighted by Crippen LogP contribution is 2.26. The molecule has 0 aliphatic carbocycles. The number of anilines is 1. The molecule has 3 nitrogen and oxygen atoms in total. The van der Waals surface area contributed by atoms with Gasteiger partial charge in [-0.1, -0.05) is 48.5 Å². The fourth-order valence-corrected chi connectivity index (χ4v) is 4.58. The summed E-state index contributed by atoms with van der Waals surface area (Å²) in [5, 5.41) is 6.27. The minimum atomic E-state index is 0.0162. The maximum absolute atomic E-state index is 12.3. The Morgan fingerprint density at radius 1 is 1.00 bits per heavy atom. The van der Waals surface area contributed by atoms with Crippen molar-refractivity contribution in [3.63, 3.8) is 0 Å². The highest BCUT2D eigenvalue weighted by atomic mass is 32.2. The van der Waals surface area contributed by atoms with Gasteiger partial charge in [0.15, 0.2) is 0 Å². The van der Waals surface area contributed by atoms with Crippen LogP contribution in [0.1, 0.15) is 5.01 Å². The number of hydrogen-bond acceptors (Lipinski definition) is 4. The van der Waals surface area contributed by atoms with Crippen LogP contribution in [-0.2, 0) is 10.5 Å². The molecule has 0 bridgehead atoms. The van der Waals surface area contributed by atoms with Crippen LogP contribution in [0.5, 0.6) is 0 Å². The van der Waals surface area contributed by atoms with Gasteiger partial charge in [0.05, 0.1) is 16.0 Å². The molecule has 1 amide bonds. The number of hydrogen-bond donors (Lipinski definition) is 1. The van der Waals surface area contributed by atoms with E-state index in [0.29, 0.717) is 5.75 Å². The molecular formula is C20H16N2OS2. The lowest BCUT2D eigenvalue weighted by Crippen LogP contribution is -2.14. The molecular weight excluding hydrogens is 348 g/mol. The van der Waals surface area contributed by atoms with E-state index in [1.165, 1.54) is 4.70 Å². The van der Waals surface area contributed by atoms with Crippen molar-refractivity contribution in [3.8, 4) is 0 Å². The van der Waals surface area contributed by atoms with Crippen LogP contribution >= 0.6 is 23.1 Å². The first-order valence-corrected chi connectivity index (χ1v) is 9.96. The molecule has 0 spiro atoms. The molecule has 124 valence electrons. The van der Waals surface area contributed by atoms with Crippen molar-refractivity contribution in [2.24, 2.45) is 0 Å². The average molecular weight is 364 g/mol. The second-order valence-corrected chi connectivity index (χ2v) is 7.74. The van der Waals surface area contributed by atoms with Crippen LogP contribution in [-0.4, -0.2) is 16.6 Å². The van der Waals surface area contributed by atoms with Crippen molar-refractivity contribution in [1.82, 2.24) is 4.98 Å². The Labute approximate surface area is 154 Å². The molecule has 1 N–H and O–H groups in total. The van der Waals surface area contributed by atoms with E-state index in [0.717, 1.165) is 32.7 Å². The zero-order valence-corrected chi connectivity index (χ0v) is 15.1. The molecule has 3 aromatic carbocycles. The number of thiazole rings is 1. The van der Waals surface area contributed by atoms with Crippen molar-refractivity contribution in [1.29, 1.82) is 0 Å². The number of nitrogens with one attached hydrogen (secondary N) is 1. The second-order valence-electron chi connectivity index (χ2n) is 5.64. The number of fused-ring (bicyclic) bond motifs is 2. The van der Waals surface area contributed by atoms with Gasteiger partial charge in [-0.3, -0.25) is 4.79 Å². The van der Waals surface area contributed by atoms with Gasteiger partial charge >= 0.3 is 0 Å². The fourth-order valence-electron chi connectivity index (χ4n) is 2.73. The zero-order chi connectivity index (χ0) is 17.1. The average Bonchev–Trinajstić information content (AvgIpc) is 3.05. The minimum absolute atomic E-state index is 0.0162. The standard InChI is InChI=1S/C20H16N2OS2/c23-19(21-16-10-5-7-14-6-1-2-8-15(14)16)12-24-13-20-22-17-9-3-4-11-18(17)25-20/h1-11H,12-13H2,(H,21,23). The second kappa shape index (κ2) is 7.25. The first kappa shape index (κ1) is 16.1. The third-order valence-corrected chi connectivity index (χ3v) is 6.02. The summed E-state index contributed by atoms with van der Waals surface area (Å²) in [6.45, 7) is 0. The van der Waals surface area contributed by atoms with Gasteiger partial charge in [-0.25, -0.2) is 4.98 Å². The number of rotatable bonds is 5. The summed E-state index contributed by atoms with van der Waals surface area (Å²) in [5.41, 5.74) is 1.90. The summed E-state index contributed by atoms with van der Waals surface area (Å²) >= 11 is 3.28. The van der Waals surface area contributed by atoms with Gasteiger partial charge in [-0.15, -0.1) is 23.1 Å². The van der Waals surface area contributed by atoms with Gasteiger partial charge in [0, 0.05) is 16.8 Å². The summed E-state index contributed by atoms with van der Waals surface area (Å²) < 4.78 is 1.19. The van der Waals surface area contributed by atoms with Gasteiger partial charge in [0.1, 0.15) is 5.01 Å². The predicted octanol–water partition coefficient (Wildman–Crippen LogP) is 5.32. The lowest BCUT2D eigenvalue weighted by Gasteiger charge is -2.08. The lowest BCUT2D eigenvalue weighted by atomic mass is 10.1. The highest BCUT2D eigenvalue weighted by molar-refractivity contribution is 7.99. The zero-order valence-electron chi connectivity index (χ0n) is 13.4. The Balaban J connectivity index is 1.37. The van der Waals surface area contributed by atoms with E-state index in [1.807, 2.05) is 60.7 Å². The summed E-state index contributed by atoms with van der Waals surface area (Å²) in [7, 11) is 0. The SMILES string of the molecule is O=C(CSCc1nc2ccccc2s1)Nc1cccc2ccccc12. The van der Waals surface area contributed by atoms with Crippen molar-refractivity contribution < 1.29 is 4.79 Å².